The molecule has 1 nitrogen and oxygen atoms in total. The van der Waals surface area contributed by atoms with Crippen LogP contribution in [-0.2, 0) is 0 Å². The number of rotatable bonds is 2. The third-order valence-corrected chi connectivity index (χ3v) is 4.01. The summed E-state index contributed by atoms with van der Waals surface area (Å²) in [6, 6.07) is 5.24. The number of hydrogen-bond donors (Lipinski definition) is 1. The topological polar surface area (TPSA) is 20.2 Å². The standard InChI is InChI=1S/C15H18Cl2O/c16-12-8-9-14(17)13(10-12)15(18)11-6-4-2-1-3-5-7-11/h6,8-10,15,18H,1-5,7H2/b11-6+. The summed E-state index contributed by atoms with van der Waals surface area (Å²) in [7, 11) is 0. The van der Waals surface area contributed by atoms with Crippen molar-refractivity contribution in [3.63, 3.8) is 0 Å². The van der Waals surface area contributed by atoms with Gasteiger partial charge in [0.2, 0.25) is 0 Å². The fourth-order valence-corrected chi connectivity index (χ4v) is 2.79. The van der Waals surface area contributed by atoms with Crippen LogP contribution < -0.4 is 0 Å². The van der Waals surface area contributed by atoms with Gasteiger partial charge in [-0.05, 0) is 49.5 Å². The van der Waals surface area contributed by atoms with Crippen LogP contribution in [-0.4, -0.2) is 5.11 Å². The molecule has 1 aliphatic rings. The van der Waals surface area contributed by atoms with E-state index in [9.17, 15) is 5.11 Å². The van der Waals surface area contributed by atoms with E-state index >= 15 is 0 Å². The first-order chi connectivity index (χ1) is 8.68. The van der Waals surface area contributed by atoms with E-state index in [1.54, 1.807) is 18.2 Å². The molecule has 0 amide bonds. The van der Waals surface area contributed by atoms with Crippen molar-refractivity contribution in [2.45, 2.75) is 44.6 Å². The molecular formula is C15H18Cl2O. The second-order valence-corrected chi connectivity index (χ2v) is 5.64. The van der Waals surface area contributed by atoms with E-state index in [1.165, 1.54) is 19.3 Å². The molecule has 0 bridgehead atoms. The Labute approximate surface area is 118 Å². The van der Waals surface area contributed by atoms with Gasteiger partial charge in [0.1, 0.15) is 6.10 Å². The Balaban J connectivity index is 2.23. The summed E-state index contributed by atoms with van der Waals surface area (Å²) in [6.07, 6.45) is 8.43. The molecule has 98 valence electrons. The zero-order valence-corrected chi connectivity index (χ0v) is 11.8. The molecule has 1 aromatic carbocycles. The summed E-state index contributed by atoms with van der Waals surface area (Å²) < 4.78 is 0. The third kappa shape index (κ3) is 3.50. The summed E-state index contributed by atoms with van der Waals surface area (Å²) in [5.74, 6) is 0. The Kier molecular flexibility index (Phi) is 5.11. The summed E-state index contributed by atoms with van der Waals surface area (Å²) in [5, 5.41) is 11.6. The molecular weight excluding hydrogens is 267 g/mol. The van der Waals surface area contributed by atoms with Crippen molar-refractivity contribution in [1.29, 1.82) is 0 Å². The van der Waals surface area contributed by atoms with Gasteiger partial charge in [0.25, 0.3) is 0 Å². The van der Waals surface area contributed by atoms with Gasteiger partial charge >= 0.3 is 0 Å². The van der Waals surface area contributed by atoms with Crippen molar-refractivity contribution < 1.29 is 5.11 Å². The number of allylic oxidation sites excluding steroid dienone is 1. The maximum absolute atomic E-state index is 10.5. The largest absolute Gasteiger partial charge is 0.384 e. The number of halogens is 2. The average Bonchev–Trinajstić information content (AvgIpc) is 2.31. The molecule has 1 unspecified atom stereocenters. The Morgan fingerprint density at radius 2 is 1.83 bits per heavy atom. The maximum atomic E-state index is 10.5. The highest BCUT2D eigenvalue weighted by Gasteiger charge is 2.17. The Morgan fingerprint density at radius 3 is 2.67 bits per heavy atom. The van der Waals surface area contributed by atoms with Gasteiger partial charge in [-0.25, -0.2) is 0 Å². The van der Waals surface area contributed by atoms with Crippen molar-refractivity contribution in [3.8, 4) is 0 Å². The average molecular weight is 285 g/mol. The molecule has 0 spiro atoms. The number of benzene rings is 1. The Bertz CT molecular complexity index is 440. The molecule has 0 saturated heterocycles. The lowest BCUT2D eigenvalue weighted by Gasteiger charge is -2.19. The molecule has 1 atom stereocenters. The normalized spacial score (nSPS) is 21.6. The van der Waals surface area contributed by atoms with Crippen molar-refractivity contribution in [2.75, 3.05) is 0 Å². The van der Waals surface area contributed by atoms with Crippen LogP contribution >= 0.6 is 23.2 Å². The Morgan fingerprint density at radius 1 is 1.06 bits per heavy atom. The zero-order valence-electron chi connectivity index (χ0n) is 10.3. The van der Waals surface area contributed by atoms with Crippen LogP contribution in [0, 0.1) is 0 Å². The molecule has 2 rings (SSSR count). The van der Waals surface area contributed by atoms with Gasteiger partial charge in [0, 0.05) is 15.6 Å². The smallest absolute Gasteiger partial charge is 0.102 e. The quantitative estimate of drug-likeness (QED) is 0.730. The minimum absolute atomic E-state index is 0.579. The predicted molar refractivity (Wildman–Crippen MR) is 77.2 cm³/mol. The van der Waals surface area contributed by atoms with Gasteiger partial charge in [-0.3, -0.25) is 0 Å². The second kappa shape index (κ2) is 6.60. The molecule has 0 heterocycles. The fourth-order valence-electron chi connectivity index (χ4n) is 2.39. The minimum atomic E-state index is -0.616. The van der Waals surface area contributed by atoms with Crippen LogP contribution in [0.1, 0.15) is 50.2 Å². The van der Waals surface area contributed by atoms with E-state index in [-0.39, 0.29) is 0 Å². The monoisotopic (exact) mass is 284 g/mol. The Hall–Kier alpha value is -0.500. The van der Waals surface area contributed by atoms with E-state index in [2.05, 4.69) is 6.08 Å². The van der Waals surface area contributed by atoms with Gasteiger partial charge in [0.05, 0.1) is 0 Å². The van der Waals surface area contributed by atoms with Crippen LogP contribution in [0.5, 0.6) is 0 Å². The molecule has 0 fully saturated rings. The third-order valence-electron chi connectivity index (χ3n) is 3.43. The van der Waals surface area contributed by atoms with Crippen LogP contribution in [0.4, 0.5) is 0 Å². The minimum Gasteiger partial charge on any atom is -0.384 e. The highest BCUT2D eigenvalue weighted by atomic mass is 35.5. The first-order valence-corrected chi connectivity index (χ1v) is 7.26. The predicted octanol–water partition coefficient (Wildman–Crippen LogP) is 5.31. The first kappa shape index (κ1) is 13.9. The zero-order chi connectivity index (χ0) is 13.0. The molecule has 0 saturated carbocycles. The molecule has 1 aromatic rings. The van der Waals surface area contributed by atoms with Crippen molar-refractivity contribution in [3.05, 3.63) is 45.5 Å². The molecule has 0 radical (unpaired) electrons. The van der Waals surface area contributed by atoms with Crippen LogP contribution in [0.15, 0.2) is 29.8 Å². The highest BCUT2D eigenvalue weighted by Crippen LogP contribution is 2.33. The van der Waals surface area contributed by atoms with Gasteiger partial charge in [-0.2, -0.15) is 0 Å². The lowest BCUT2D eigenvalue weighted by atomic mass is 9.93. The van der Waals surface area contributed by atoms with E-state index in [4.69, 9.17) is 23.2 Å². The summed E-state index contributed by atoms with van der Waals surface area (Å²) >= 11 is 12.1. The van der Waals surface area contributed by atoms with Gasteiger partial charge in [0.15, 0.2) is 0 Å². The van der Waals surface area contributed by atoms with Crippen molar-refractivity contribution in [1.82, 2.24) is 0 Å². The van der Waals surface area contributed by atoms with E-state index in [1.807, 2.05) is 0 Å². The molecule has 3 heteroatoms. The molecule has 1 aliphatic carbocycles. The van der Waals surface area contributed by atoms with E-state index in [0.29, 0.717) is 10.0 Å². The number of aliphatic hydroxyl groups is 1. The second-order valence-electron chi connectivity index (χ2n) is 4.80. The van der Waals surface area contributed by atoms with E-state index < -0.39 is 6.10 Å². The van der Waals surface area contributed by atoms with Crippen LogP contribution in [0.3, 0.4) is 0 Å². The molecule has 1 N–H and O–H groups in total. The first-order valence-electron chi connectivity index (χ1n) is 6.50. The number of hydrogen-bond acceptors (Lipinski definition) is 1. The van der Waals surface area contributed by atoms with Crippen molar-refractivity contribution >= 4 is 23.2 Å². The summed E-state index contributed by atoms with van der Waals surface area (Å²) in [6.45, 7) is 0. The van der Waals surface area contributed by atoms with Gasteiger partial charge < -0.3 is 5.11 Å². The SMILES string of the molecule is OC(/C1=C/CCCCCC1)c1cc(Cl)ccc1Cl. The lowest BCUT2D eigenvalue weighted by molar-refractivity contribution is 0.209. The molecule has 18 heavy (non-hydrogen) atoms. The maximum Gasteiger partial charge on any atom is 0.102 e. The van der Waals surface area contributed by atoms with Gasteiger partial charge in [-0.1, -0.05) is 42.1 Å². The number of aliphatic hydroxyl groups excluding tert-OH is 1. The van der Waals surface area contributed by atoms with Gasteiger partial charge in [-0.15, -0.1) is 0 Å². The summed E-state index contributed by atoms with van der Waals surface area (Å²) in [5.41, 5.74) is 1.80. The fraction of sp³-hybridized carbons (Fsp3) is 0.467. The van der Waals surface area contributed by atoms with E-state index in [0.717, 1.165) is 30.4 Å². The van der Waals surface area contributed by atoms with Crippen LogP contribution in [0.2, 0.25) is 10.0 Å². The molecule has 0 aliphatic heterocycles. The lowest BCUT2D eigenvalue weighted by Crippen LogP contribution is -2.04. The van der Waals surface area contributed by atoms with Crippen molar-refractivity contribution in [2.24, 2.45) is 0 Å². The summed E-state index contributed by atoms with van der Waals surface area (Å²) in [4.78, 5) is 0. The highest BCUT2D eigenvalue weighted by molar-refractivity contribution is 6.33. The van der Waals surface area contributed by atoms with Crippen LogP contribution in [0.25, 0.3) is 0 Å². The molecule has 0 aromatic heterocycles.